The van der Waals surface area contributed by atoms with Crippen LogP contribution in [0.25, 0.3) is 0 Å². The monoisotopic (exact) mass is 297 g/mol. The maximum absolute atomic E-state index is 12.0. The average Bonchev–Trinajstić information content (AvgIpc) is 2.35. The molecule has 1 aromatic heterocycles. The lowest BCUT2D eigenvalue weighted by molar-refractivity contribution is -0.118. The van der Waals surface area contributed by atoms with Gasteiger partial charge in [-0.05, 0) is 53.9 Å². The van der Waals surface area contributed by atoms with Crippen molar-refractivity contribution in [3.05, 3.63) is 22.4 Å². The Labute approximate surface area is 109 Å². The fourth-order valence-corrected chi connectivity index (χ4v) is 2.15. The van der Waals surface area contributed by atoms with Crippen LogP contribution in [-0.2, 0) is 4.79 Å². The molecule has 1 aromatic rings. The molecule has 0 saturated carbocycles. The molecule has 2 N–H and O–H groups in total. The summed E-state index contributed by atoms with van der Waals surface area (Å²) in [5, 5.41) is 6.12. The molecule has 1 saturated heterocycles. The molecule has 1 aliphatic heterocycles. The molecule has 4 nitrogen and oxygen atoms in total. The Morgan fingerprint density at radius 1 is 1.59 bits per heavy atom. The number of hydrogen-bond acceptors (Lipinski definition) is 3. The lowest BCUT2D eigenvalue weighted by Gasteiger charge is -2.22. The molecule has 1 aliphatic rings. The van der Waals surface area contributed by atoms with Crippen LogP contribution in [0.4, 0.5) is 5.69 Å². The van der Waals surface area contributed by atoms with Gasteiger partial charge < -0.3 is 10.6 Å². The number of carbonyl (C=O) groups is 1. The van der Waals surface area contributed by atoms with E-state index in [1.165, 1.54) is 0 Å². The Morgan fingerprint density at radius 3 is 3.06 bits per heavy atom. The summed E-state index contributed by atoms with van der Waals surface area (Å²) in [5.41, 5.74) is 1.77. The van der Waals surface area contributed by atoms with Crippen molar-refractivity contribution in [3.8, 4) is 0 Å². The number of piperidine rings is 1. The summed E-state index contributed by atoms with van der Waals surface area (Å²) in [6.45, 7) is 2.88. The SMILES string of the molecule is Cc1cc(NC(=O)[C@H]2CCCCN2)cnc1Br. The average molecular weight is 298 g/mol. The maximum Gasteiger partial charge on any atom is 0.241 e. The van der Waals surface area contributed by atoms with Gasteiger partial charge in [-0.15, -0.1) is 0 Å². The summed E-state index contributed by atoms with van der Waals surface area (Å²) in [6, 6.07) is 1.85. The van der Waals surface area contributed by atoms with Crippen LogP contribution in [0.15, 0.2) is 16.9 Å². The minimum Gasteiger partial charge on any atom is -0.323 e. The van der Waals surface area contributed by atoms with E-state index in [-0.39, 0.29) is 11.9 Å². The lowest BCUT2D eigenvalue weighted by atomic mass is 10.0. The number of aromatic nitrogens is 1. The number of anilines is 1. The summed E-state index contributed by atoms with van der Waals surface area (Å²) >= 11 is 3.34. The molecule has 1 atom stereocenters. The van der Waals surface area contributed by atoms with Crippen molar-refractivity contribution < 1.29 is 4.79 Å². The van der Waals surface area contributed by atoms with E-state index in [0.29, 0.717) is 0 Å². The summed E-state index contributed by atoms with van der Waals surface area (Å²) in [4.78, 5) is 16.1. The molecule has 92 valence electrons. The van der Waals surface area contributed by atoms with Gasteiger partial charge in [-0.3, -0.25) is 4.79 Å². The second-order valence-corrected chi connectivity index (χ2v) is 5.07. The number of nitrogens with zero attached hydrogens (tertiary/aromatic N) is 1. The number of carbonyl (C=O) groups excluding carboxylic acids is 1. The van der Waals surface area contributed by atoms with Crippen LogP contribution in [-0.4, -0.2) is 23.5 Å². The summed E-state index contributed by atoms with van der Waals surface area (Å²) in [5.74, 6) is 0.0354. The highest BCUT2D eigenvalue weighted by molar-refractivity contribution is 9.10. The van der Waals surface area contributed by atoms with Gasteiger partial charge in [0.2, 0.25) is 5.91 Å². The standard InChI is InChI=1S/C12H16BrN3O/c1-8-6-9(7-15-11(8)13)16-12(17)10-4-2-3-5-14-10/h6-7,10,14H,2-5H2,1H3,(H,16,17)/t10-/m1/s1. The molecule has 1 amide bonds. The van der Waals surface area contributed by atoms with Crippen LogP contribution < -0.4 is 10.6 Å². The lowest BCUT2D eigenvalue weighted by Crippen LogP contribution is -2.43. The highest BCUT2D eigenvalue weighted by Crippen LogP contribution is 2.17. The minimum atomic E-state index is -0.0623. The van der Waals surface area contributed by atoms with Gasteiger partial charge in [0.25, 0.3) is 0 Å². The van der Waals surface area contributed by atoms with E-state index < -0.39 is 0 Å². The summed E-state index contributed by atoms with van der Waals surface area (Å²) < 4.78 is 0.811. The zero-order valence-electron chi connectivity index (χ0n) is 9.79. The molecule has 0 unspecified atom stereocenters. The molecular weight excluding hydrogens is 282 g/mol. The molecule has 0 radical (unpaired) electrons. The number of aryl methyl sites for hydroxylation is 1. The van der Waals surface area contributed by atoms with Crippen LogP contribution in [0.2, 0.25) is 0 Å². The predicted octanol–water partition coefficient (Wildman–Crippen LogP) is 2.23. The van der Waals surface area contributed by atoms with Crippen molar-refractivity contribution in [2.24, 2.45) is 0 Å². The Balaban J connectivity index is 1.99. The van der Waals surface area contributed by atoms with Gasteiger partial charge in [0.15, 0.2) is 0 Å². The third-order valence-electron chi connectivity index (χ3n) is 2.91. The zero-order valence-corrected chi connectivity index (χ0v) is 11.4. The van der Waals surface area contributed by atoms with E-state index in [1.807, 2.05) is 13.0 Å². The third kappa shape index (κ3) is 3.26. The van der Waals surface area contributed by atoms with Crippen molar-refractivity contribution in [2.75, 3.05) is 11.9 Å². The number of hydrogen-bond donors (Lipinski definition) is 2. The van der Waals surface area contributed by atoms with Crippen molar-refractivity contribution in [1.82, 2.24) is 10.3 Å². The van der Waals surface area contributed by atoms with Crippen molar-refractivity contribution >= 4 is 27.5 Å². The molecule has 17 heavy (non-hydrogen) atoms. The first-order valence-corrected chi connectivity index (χ1v) is 6.62. The number of rotatable bonds is 2. The first-order valence-electron chi connectivity index (χ1n) is 5.83. The Bertz CT molecular complexity index is 416. The van der Waals surface area contributed by atoms with E-state index in [4.69, 9.17) is 0 Å². The predicted molar refractivity (Wildman–Crippen MR) is 70.9 cm³/mol. The first-order chi connectivity index (χ1) is 8.16. The molecule has 0 spiro atoms. The highest BCUT2D eigenvalue weighted by Gasteiger charge is 2.20. The maximum atomic E-state index is 12.0. The number of pyridine rings is 1. The van der Waals surface area contributed by atoms with Crippen LogP contribution in [0.3, 0.4) is 0 Å². The molecule has 0 aromatic carbocycles. The number of amides is 1. The van der Waals surface area contributed by atoms with Gasteiger partial charge in [0.05, 0.1) is 17.9 Å². The van der Waals surface area contributed by atoms with Gasteiger partial charge in [-0.1, -0.05) is 6.42 Å². The normalized spacial score (nSPS) is 20.0. The number of nitrogens with one attached hydrogen (secondary N) is 2. The van der Waals surface area contributed by atoms with E-state index >= 15 is 0 Å². The van der Waals surface area contributed by atoms with E-state index in [1.54, 1.807) is 6.20 Å². The zero-order chi connectivity index (χ0) is 12.3. The quantitative estimate of drug-likeness (QED) is 0.823. The fourth-order valence-electron chi connectivity index (χ4n) is 1.93. The molecular formula is C12H16BrN3O. The van der Waals surface area contributed by atoms with Gasteiger partial charge >= 0.3 is 0 Å². The second kappa shape index (κ2) is 5.60. The van der Waals surface area contributed by atoms with Crippen molar-refractivity contribution in [1.29, 1.82) is 0 Å². The highest BCUT2D eigenvalue weighted by atomic mass is 79.9. The van der Waals surface area contributed by atoms with E-state index in [9.17, 15) is 4.79 Å². The fraction of sp³-hybridized carbons (Fsp3) is 0.500. The molecule has 0 bridgehead atoms. The minimum absolute atomic E-state index is 0.0354. The van der Waals surface area contributed by atoms with Gasteiger partial charge in [0, 0.05) is 0 Å². The van der Waals surface area contributed by atoms with E-state index in [0.717, 1.165) is 41.7 Å². The molecule has 2 heterocycles. The van der Waals surface area contributed by atoms with E-state index in [2.05, 4.69) is 31.5 Å². The van der Waals surface area contributed by atoms with Gasteiger partial charge in [0.1, 0.15) is 4.60 Å². The van der Waals surface area contributed by atoms with Crippen LogP contribution in [0.1, 0.15) is 24.8 Å². The summed E-state index contributed by atoms with van der Waals surface area (Å²) in [7, 11) is 0. The van der Waals surface area contributed by atoms with Gasteiger partial charge in [-0.2, -0.15) is 0 Å². The van der Waals surface area contributed by atoms with Crippen molar-refractivity contribution in [3.63, 3.8) is 0 Å². The van der Waals surface area contributed by atoms with Crippen molar-refractivity contribution in [2.45, 2.75) is 32.2 Å². The smallest absolute Gasteiger partial charge is 0.241 e. The molecule has 2 rings (SSSR count). The molecule has 5 heteroatoms. The summed E-state index contributed by atoms with van der Waals surface area (Å²) in [6.07, 6.45) is 4.85. The third-order valence-corrected chi connectivity index (χ3v) is 3.74. The largest absolute Gasteiger partial charge is 0.323 e. The Morgan fingerprint density at radius 2 is 2.41 bits per heavy atom. The first kappa shape index (κ1) is 12.5. The molecule has 0 aliphatic carbocycles. The van der Waals surface area contributed by atoms with Crippen LogP contribution in [0, 0.1) is 6.92 Å². The van der Waals surface area contributed by atoms with Crippen LogP contribution >= 0.6 is 15.9 Å². The van der Waals surface area contributed by atoms with Crippen LogP contribution in [0.5, 0.6) is 0 Å². The number of halogens is 1. The second-order valence-electron chi connectivity index (χ2n) is 4.32. The Kier molecular flexibility index (Phi) is 4.12. The Hall–Kier alpha value is -0.940. The topological polar surface area (TPSA) is 54.0 Å². The molecule has 1 fully saturated rings. The van der Waals surface area contributed by atoms with Gasteiger partial charge in [-0.25, -0.2) is 4.98 Å².